The van der Waals surface area contributed by atoms with E-state index < -0.39 is 10.6 Å². The van der Waals surface area contributed by atoms with E-state index >= 15 is 0 Å². The van der Waals surface area contributed by atoms with E-state index in [0.717, 1.165) is 19.3 Å². The predicted molar refractivity (Wildman–Crippen MR) is 105 cm³/mol. The monoisotopic (exact) mass is 360 g/mol. The quantitative estimate of drug-likeness (QED) is 0.126. The lowest BCUT2D eigenvalue weighted by atomic mass is 10.0. The summed E-state index contributed by atoms with van der Waals surface area (Å²) in [6.45, 7) is 4.29. The number of hydrogen-bond donors (Lipinski definition) is 3. The molecule has 0 saturated heterocycles. The minimum atomic E-state index is -2.02. The molecule has 0 rings (SSSR count). The van der Waals surface area contributed by atoms with Crippen molar-refractivity contribution in [2.75, 3.05) is 13.6 Å². The van der Waals surface area contributed by atoms with Crippen LogP contribution in [0.25, 0.3) is 0 Å². The van der Waals surface area contributed by atoms with Gasteiger partial charge in [-0.2, -0.15) is 0 Å². The summed E-state index contributed by atoms with van der Waals surface area (Å²) in [6, 6.07) is 0. The summed E-state index contributed by atoms with van der Waals surface area (Å²) in [6.07, 6.45) is 19.5. The molecule has 4 nitrogen and oxygen atoms in total. The van der Waals surface area contributed by atoms with Crippen molar-refractivity contribution in [2.24, 2.45) is 0 Å². The maximum Gasteiger partial charge on any atom is 0.344 e. The lowest BCUT2D eigenvalue weighted by molar-refractivity contribution is -1.16. The van der Waals surface area contributed by atoms with E-state index in [9.17, 15) is 15.4 Å². The van der Waals surface area contributed by atoms with Crippen molar-refractivity contribution in [3.8, 4) is 0 Å². The highest BCUT2D eigenvalue weighted by atomic mass is 16.7. The van der Waals surface area contributed by atoms with Crippen molar-refractivity contribution in [3.63, 3.8) is 0 Å². The van der Waals surface area contributed by atoms with E-state index in [4.69, 9.17) is 0 Å². The van der Waals surface area contributed by atoms with Crippen LogP contribution in [0.4, 0.5) is 0 Å². The Kier molecular flexibility index (Phi) is 14.9. The minimum absolute atomic E-state index is 0.228. The van der Waals surface area contributed by atoms with Crippen LogP contribution in [0.3, 0.4) is 0 Å². The van der Waals surface area contributed by atoms with Gasteiger partial charge in [0.15, 0.2) is 0 Å². The lowest BCUT2D eigenvalue weighted by Gasteiger charge is -2.35. The molecule has 0 aliphatic carbocycles. The Labute approximate surface area is 156 Å². The van der Waals surface area contributed by atoms with Crippen molar-refractivity contribution in [1.82, 2.24) is 0 Å². The fraction of sp³-hybridized carbons (Fsp3) is 1.00. The Hall–Kier alpha value is -0.160. The van der Waals surface area contributed by atoms with E-state index in [1.807, 2.05) is 0 Å². The number of nitrogens with zero attached hydrogens (tertiary/aromatic N) is 1. The summed E-state index contributed by atoms with van der Waals surface area (Å²) in [5, 5.41) is 29.8. The average Bonchev–Trinajstić information content (AvgIpc) is 2.58. The number of hydrogen-bond acceptors (Lipinski definition) is 3. The van der Waals surface area contributed by atoms with E-state index in [0.29, 0.717) is 0 Å². The molecule has 25 heavy (non-hydrogen) atoms. The number of aliphatic hydroxyl groups is 2. The molecule has 0 aromatic heterocycles. The van der Waals surface area contributed by atoms with Crippen LogP contribution in [0.15, 0.2) is 0 Å². The molecule has 0 heterocycles. The van der Waals surface area contributed by atoms with Crippen LogP contribution in [-0.2, 0) is 0 Å². The highest BCUT2D eigenvalue weighted by Crippen LogP contribution is 2.22. The normalized spacial score (nSPS) is 14.6. The first-order valence-electron chi connectivity index (χ1n) is 10.9. The van der Waals surface area contributed by atoms with Gasteiger partial charge in [-0.25, -0.2) is 5.21 Å². The molecule has 152 valence electrons. The van der Waals surface area contributed by atoms with Crippen LogP contribution >= 0.6 is 0 Å². The Morgan fingerprint density at radius 3 is 1.24 bits per heavy atom. The van der Waals surface area contributed by atoms with Crippen molar-refractivity contribution < 1.29 is 20.1 Å². The summed E-state index contributed by atoms with van der Waals surface area (Å²) < 4.78 is -0.744. The van der Waals surface area contributed by atoms with Gasteiger partial charge in [-0.05, 0) is 13.3 Å². The Morgan fingerprint density at radius 1 is 0.600 bits per heavy atom. The van der Waals surface area contributed by atoms with E-state index in [1.54, 1.807) is 6.92 Å². The summed E-state index contributed by atoms with van der Waals surface area (Å²) in [7, 11) is 1.44. The first kappa shape index (κ1) is 24.8. The predicted octanol–water partition coefficient (Wildman–Crippen LogP) is 5.74. The SMILES string of the molecule is CCCCCCCCCCCCCCCCCC(O)(O)[N+](C)(O)CC. The van der Waals surface area contributed by atoms with Crippen LogP contribution in [0, 0.1) is 0 Å². The fourth-order valence-electron chi connectivity index (χ4n) is 3.23. The first-order valence-corrected chi connectivity index (χ1v) is 10.9. The van der Waals surface area contributed by atoms with Gasteiger partial charge in [-0.15, -0.1) is 4.65 Å². The molecular formula is C21H46NO3+. The fourth-order valence-corrected chi connectivity index (χ4v) is 3.23. The van der Waals surface area contributed by atoms with E-state index in [2.05, 4.69) is 6.92 Å². The molecule has 3 N–H and O–H groups in total. The number of hydroxylamine groups is 3. The minimum Gasteiger partial charge on any atom is -0.317 e. The third kappa shape index (κ3) is 12.8. The summed E-state index contributed by atoms with van der Waals surface area (Å²) in [5.41, 5.74) is 0. The topological polar surface area (TPSA) is 60.7 Å². The molecule has 0 fully saturated rings. The van der Waals surface area contributed by atoms with E-state index in [-0.39, 0.29) is 13.0 Å². The zero-order valence-corrected chi connectivity index (χ0v) is 17.3. The highest BCUT2D eigenvalue weighted by Gasteiger charge is 2.43. The molecule has 0 spiro atoms. The Balaban J connectivity index is 3.32. The maximum absolute atomic E-state index is 9.92. The molecular weight excluding hydrogens is 314 g/mol. The Morgan fingerprint density at radius 2 is 0.920 bits per heavy atom. The molecule has 0 bridgehead atoms. The standard InChI is InChI=1S/C21H46NO3/c1-4-6-7-8-9-10-11-12-13-14-15-16-17-18-19-20-21(23,24)22(3,25)5-2/h23-25H,4-20H2,1-3H3/q+1. The second kappa shape index (κ2) is 15.0. The van der Waals surface area contributed by atoms with Crippen LogP contribution in [-0.4, -0.2) is 39.6 Å². The molecule has 0 amide bonds. The van der Waals surface area contributed by atoms with Gasteiger partial charge in [0.1, 0.15) is 13.6 Å². The average molecular weight is 361 g/mol. The third-order valence-electron chi connectivity index (χ3n) is 5.50. The molecule has 0 saturated carbocycles. The molecule has 4 heteroatoms. The van der Waals surface area contributed by atoms with Crippen molar-refractivity contribution >= 4 is 0 Å². The third-order valence-corrected chi connectivity index (χ3v) is 5.50. The molecule has 1 unspecified atom stereocenters. The van der Waals surface area contributed by atoms with Gasteiger partial charge in [-0.1, -0.05) is 96.8 Å². The maximum atomic E-state index is 9.92. The van der Waals surface area contributed by atoms with Gasteiger partial charge in [0.25, 0.3) is 0 Å². The summed E-state index contributed by atoms with van der Waals surface area (Å²) in [5.74, 6) is -2.02. The van der Waals surface area contributed by atoms with Gasteiger partial charge in [0.05, 0.1) is 6.42 Å². The van der Waals surface area contributed by atoms with E-state index in [1.165, 1.54) is 84.1 Å². The van der Waals surface area contributed by atoms with Gasteiger partial charge >= 0.3 is 5.91 Å². The largest absolute Gasteiger partial charge is 0.344 e. The van der Waals surface area contributed by atoms with Crippen molar-refractivity contribution in [3.05, 3.63) is 0 Å². The second-order valence-corrected chi connectivity index (χ2v) is 7.93. The van der Waals surface area contributed by atoms with Crippen molar-refractivity contribution in [2.45, 2.75) is 122 Å². The molecule has 0 radical (unpaired) electrons. The van der Waals surface area contributed by atoms with Crippen LogP contribution in [0.5, 0.6) is 0 Å². The van der Waals surface area contributed by atoms with Gasteiger partial charge in [0, 0.05) is 0 Å². The van der Waals surface area contributed by atoms with Gasteiger partial charge in [-0.3, -0.25) is 0 Å². The smallest absolute Gasteiger partial charge is 0.317 e. The molecule has 0 aliphatic rings. The highest BCUT2D eigenvalue weighted by molar-refractivity contribution is 4.54. The second-order valence-electron chi connectivity index (χ2n) is 7.93. The van der Waals surface area contributed by atoms with Crippen LogP contribution < -0.4 is 0 Å². The number of quaternary nitrogens is 1. The number of unbranched alkanes of at least 4 members (excludes halogenated alkanes) is 14. The first-order chi connectivity index (χ1) is 11.9. The molecule has 0 aromatic rings. The summed E-state index contributed by atoms with van der Waals surface area (Å²) >= 11 is 0. The zero-order valence-electron chi connectivity index (χ0n) is 17.3. The van der Waals surface area contributed by atoms with Gasteiger partial charge < -0.3 is 10.2 Å². The number of rotatable bonds is 18. The molecule has 1 atom stereocenters. The summed E-state index contributed by atoms with van der Waals surface area (Å²) in [4.78, 5) is 0. The molecule has 0 aromatic carbocycles. The zero-order chi connectivity index (χ0) is 19.0. The van der Waals surface area contributed by atoms with Crippen LogP contribution in [0.1, 0.15) is 117 Å². The molecule has 0 aliphatic heterocycles. The Bertz CT molecular complexity index is 293. The van der Waals surface area contributed by atoms with Gasteiger partial charge in [0.2, 0.25) is 0 Å². The van der Waals surface area contributed by atoms with Crippen molar-refractivity contribution in [1.29, 1.82) is 0 Å². The van der Waals surface area contributed by atoms with Crippen LogP contribution in [0.2, 0.25) is 0 Å². The lowest BCUT2D eigenvalue weighted by Crippen LogP contribution is -2.60.